The van der Waals surface area contributed by atoms with Crippen LogP contribution >= 0.6 is 11.6 Å². The quantitative estimate of drug-likeness (QED) is 0.749. The first-order chi connectivity index (χ1) is 13.7. The van der Waals surface area contributed by atoms with Gasteiger partial charge in [0.2, 0.25) is 0 Å². The Morgan fingerprint density at radius 1 is 1.31 bits per heavy atom. The third-order valence-electron chi connectivity index (χ3n) is 4.93. The molecule has 0 radical (unpaired) electrons. The van der Waals surface area contributed by atoms with E-state index in [4.69, 9.17) is 21.1 Å². The Bertz CT molecular complexity index is 914. The van der Waals surface area contributed by atoms with Crippen molar-refractivity contribution in [3.8, 4) is 11.5 Å². The molecule has 1 amide bonds. The molecule has 1 N–H and O–H groups in total. The van der Waals surface area contributed by atoms with E-state index in [0.29, 0.717) is 34.4 Å². The molecule has 7 heteroatoms. The van der Waals surface area contributed by atoms with Crippen LogP contribution in [0.25, 0.3) is 0 Å². The maximum Gasteiger partial charge on any atom is 0.259 e. The number of likely N-dealkylation sites (N-methyl/N-ethyl adjacent to an activating group) is 1. The van der Waals surface area contributed by atoms with Crippen LogP contribution in [0, 0.1) is 0 Å². The number of carbonyl (C=O) groups is 1. The van der Waals surface area contributed by atoms with Gasteiger partial charge in [-0.1, -0.05) is 32.4 Å². The summed E-state index contributed by atoms with van der Waals surface area (Å²) >= 11 is 6.31. The van der Waals surface area contributed by atoms with Gasteiger partial charge in [0.15, 0.2) is 0 Å². The van der Waals surface area contributed by atoms with Crippen molar-refractivity contribution >= 4 is 23.2 Å². The smallest absolute Gasteiger partial charge is 0.259 e. The predicted molar refractivity (Wildman–Crippen MR) is 115 cm³/mol. The van der Waals surface area contributed by atoms with Gasteiger partial charge in [0, 0.05) is 24.6 Å². The second kappa shape index (κ2) is 8.59. The summed E-state index contributed by atoms with van der Waals surface area (Å²) in [4.78, 5) is 19.8. The highest BCUT2D eigenvalue weighted by Gasteiger charge is 2.31. The maximum atomic E-state index is 12.9. The highest BCUT2D eigenvalue weighted by Crippen LogP contribution is 2.34. The Balaban J connectivity index is 1.85. The second-order valence-corrected chi connectivity index (χ2v) is 8.48. The summed E-state index contributed by atoms with van der Waals surface area (Å²) < 4.78 is 11.0. The number of hydrogen-bond acceptors (Lipinski definition) is 5. The van der Waals surface area contributed by atoms with E-state index in [1.54, 1.807) is 18.3 Å². The predicted octanol–water partition coefficient (Wildman–Crippen LogP) is 4.51. The summed E-state index contributed by atoms with van der Waals surface area (Å²) in [6.07, 6.45) is 2.56. The van der Waals surface area contributed by atoms with E-state index in [-0.39, 0.29) is 11.3 Å². The van der Waals surface area contributed by atoms with Crippen LogP contribution < -0.4 is 14.8 Å². The summed E-state index contributed by atoms with van der Waals surface area (Å²) in [6, 6.07) is 5.21. The standard InChI is InChI=1S/C22H28ClN3O3/c1-6-7-29-19-10-18(28-5)16(9-17(19)23)21(27)25-15-8-14-12-26(4)13-22(2,3)20(14)24-11-15/h8-11H,6-7,12-13H2,1-5H3,(H,25,27). The van der Waals surface area contributed by atoms with E-state index in [2.05, 4.69) is 36.1 Å². The molecule has 0 spiro atoms. The van der Waals surface area contributed by atoms with E-state index in [9.17, 15) is 4.79 Å². The highest BCUT2D eigenvalue weighted by atomic mass is 35.5. The number of amides is 1. The molecule has 0 aliphatic carbocycles. The van der Waals surface area contributed by atoms with E-state index in [1.165, 1.54) is 7.11 Å². The van der Waals surface area contributed by atoms with Gasteiger partial charge in [0.05, 0.1) is 41.9 Å². The van der Waals surface area contributed by atoms with Crippen LogP contribution in [-0.4, -0.2) is 43.1 Å². The average molecular weight is 418 g/mol. The number of methoxy groups -OCH3 is 1. The van der Waals surface area contributed by atoms with E-state index < -0.39 is 0 Å². The number of aromatic nitrogens is 1. The zero-order valence-electron chi connectivity index (χ0n) is 17.6. The largest absolute Gasteiger partial charge is 0.496 e. The molecule has 0 bridgehead atoms. The number of anilines is 1. The number of ether oxygens (including phenoxy) is 2. The van der Waals surface area contributed by atoms with Gasteiger partial charge in [-0.05, 0) is 31.2 Å². The molecule has 3 rings (SSSR count). The molecule has 0 saturated heterocycles. The van der Waals surface area contributed by atoms with Crippen LogP contribution in [0.5, 0.6) is 11.5 Å². The van der Waals surface area contributed by atoms with Crippen LogP contribution in [-0.2, 0) is 12.0 Å². The lowest BCUT2D eigenvalue weighted by Crippen LogP contribution is -2.40. The molecule has 1 aromatic carbocycles. The van der Waals surface area contributed by atoms with Crippen molar-refractivity contribution in [2.24, 2.45) is 0 Å². The molecular formula is C22H28ClN3O3. The zero-order chi connectivity index (χ0) is 21.2. The number of nitrogens with one attached hydrogen (secondary N) is 1. The monoisotopic (exact) mass is 417 g/mol. The minimum Gasteiger partial charge on any atom is -0.496 e. The number of rotatable bonds is 6. The van der Waals surface area contributed by atoms with E-state index >= 15 is 0 Å². The summed E-state index contributed by atoms with van der Waals surface area (Å²) in [5, 5.41) is 3.29. The SMILES string of the molecule is CCCOc1cc(OC)c(C(=O)Nc2cnc3c(c2)CN(C)CC3(C)C)cc1Cl. The molecule has 2 heterocycles. The fourth-order valence-corrected chi connectivity index (χ4v) is 4.03. The summed E-state index contributed by atoms with van der Waals surface area (Å²) in [5.41, 5.74) is 3.15. The molecule has 1 aliphatic rings. The molecule has 0 atom stereocenters. The van der Waals surface area contributed by atoms with E-state index in [1.807, 2.05) is 13.0 Å². The normalized spacial score (nSPS) is 15.5. The Morgan fingerprint density at radius 2 is 2.07 bits per heavy atom. The van der Waals surface area contributed by atoms with Gasteiger partial charge in [-0.25, -0.2) is 0 Å². The van der Waals surface area contributed by atoms with Crippen molar-refractivity contribution in [3.63, 3.8) is 0 Å². The number of benzene rings is 1. The van der Waals surface area contributed by atoms with Gasteiger partial charge in [-0.3, -0.25) is 9.78 Å². The molecule has 1 aromatic heterocycles. The highest BCUT2D eigenvalue weighted by molar-refractivity contribution is 6.32. The maximum absolute atomic E-state index is 12.9. The van der Waals surface area contributed by atoms with Gasteiger partial charge >= 0.3 is 0 Å². The fraction of sp³-hybridized carbons (Fsp3) is 0.455. The first kappa shape index (κ1) is 21.4. The molecule has 6 nitrogen and oxygen atoms in total. The molecule has 0 saturated carbocycles. The molecule has 1 aliphatic heterocycles. The zero-order valence-corrected chi connectivity index (χ0v) is 18.4. The Kier molecular flexibility index (Phi) is 6.34. The molecule has 0 fully saturated rings. The van der Waals surface area contributed by atoms with Crippen LogP contribution in [0.15, 0.2) is 24.4 Å². The van der Waals surface area contributed by atoms with Crippen molar-refractivity contribution in [3.05, 3.63) is 46.2 Å². The summed E-state index contributed by atoms with van der Waals surface area (Å²) in [5.74, 6) is 0.600. The lowest BCUT2D eigenvalue weighted by Gasteiger charge is -2.37. The summed E-state index contributed by atoms with van der Waals surface area (Å²) in [6.45, 7) is 8.66. The first-order valence-corrected chi connectivity index (χ1v) is 10.1. The lowest BCUT2D eigenvalue weighted by molar-refractivity contribution is 0.102. The van der Waals surface area contributed by atoms with Crippen molar-refractivity contribution in [1.82, 2.24) is 9.88 Å². The number of fused-ring (bicyclic) bond motifs is 1. The molecular weight excluding hydrogens is 390 g/mol. The average Bonchev–Trinajstić information content (AvgIpc) is 2.65. The lowest BCUT2D eigenvalue weighted by atomic mass is 9.82. The van der Waals surface area contributed by atoms with E-state index in [0.717, 1.165) is 30.8 Å². The van der Waals surface area contributed by atoms with Crippen LogP contribution in [0.3, 0.4) is 0 Å². The van der Waals surface area contributed by atoms with Gasteiger partial charge in [-0.15, -0.1) is 0 Å². The number of nitrogens with zero attached hydrogens (tertiary/aromatic N) is 2. The van der Waals surface area contributed by atoms with Crippen molar-refractivity contribution in [2.75, 3.05) is 32.6 Å². The van der Waals surface area contributed by atoms with Crippen LogP contribution in [0.2, 0.25) is 5.02 Å². The fourth-order valence-electron chi connectivity index (χ4n) is 3.81. The Labute approximate surface area is 177 Å². The number of halogens is 1. The Morgan fingerprint density at radius 3 is 2.76 bits per heavy atom. The number of carbonyl (C=O) groups excluding carboxylic acids is 1. The topological polar surface area (TPSA) is 63.7 Å². The second-order valence-electron chi connectivity index (χ2n) is 8.07. The molecule has 29 heavy (non-hydrogen) atoms. The molecule has 2 aromatic rings. The Hall–Kier alpha value is -2.31. The number of pyridine rings is 1. The first-order valence-electron chi connectivity index (χ1n) is 9.74. The van der Waals surface area contributed by atoms with Gasteiger partial charge < -0.3 is 19.7 Å². The van der Waals surface area contributed by atoms with Gasteiger partial charge in [-0.2, -0.15) is 0 Å². The van der Waals surface area contributed by atoms with Gasteiger partial charge in [0.1, 0.15) is 11.5 Å². The summed E-state index contributed by atoms with van der Waals surface area (Å²) in [7, 11) is 3.60. The van der Waals surface area contributed by atoms with Gasteiger partial charge in [0.25, 0.3) is 5.91 Å². The van der Waals surface area contributed by atoms with Crippen molar-refractivity contribution in [1.29, 1.82) is 0 Å². The third-order valence-corrected chi connectivity index (χ3v) is 5.23. The van der Waals surface area contributed by atoms with Crippen LogP contribution in [0.4, 0.5) is 5.69 Å². The minimum atomic E-state index is -0.309. The minimum absolute atomic E-state index is 0.0318. The van der Waals surface area contributed by atoms with Crippen molar-refractivity contribution < 1.29 is 14.3 Å². The molecule has 0 unspecified atom stereocenters. The van der Waals surface area contributed by atoms with Crippen molar-refractivity contribution in [2.45, 2.75) is 39.2 Å². The third kappa shape index (κ3) is 4.65. The number of hydrogen-bond donors (Lipinski definition) is 1. The molecule has 156 valence electrons. The van der Waals surface area contributed by atoms with Crippen LogP contribution in [0.1, 0.15) is 48.8 Å².